The van der Waals surface area contributed by atoms with Gasteiger partial charge in [0.25, 0.3) is 0 Å². The zero-order valence-corrected chi connectivity index (χ0v) is 96.6. The van der Waals surface area contributed by atoms with Gasteiger partial charge in [0.1, 0.15) is 0 Å². The Morgan fingerprint density at radius 1 is 0.385 bits per heavy atom. The molecular weight excluding hydrogens is 1930 g/mol. The Morgan fingerprint density at radius 2 is 0.676 bits per heavy atom. The summed E-state index contributed by atoms with van der Waals surface area (Å²) in [5, 5.41) is 11.5. The van der Waals surface area contributed by atoms with Crippen molar-refractivity contribution in [2.45, 2.75) is 442 Å². The molecule has 1 N–H and O–H groups in total. The number of esters is 3. The zero-order chi connectivity index (χ0) is 109. The number of ether oxygens (including phenoxy) is 14. The first-order valence-electron chi connectivity index (χ1n) is 55.7. The van der Waals surface area contributed by atoms with E-state index in [4.69, 9.17) is 66.3 Å². The van der Waals surface area contributed by atoms with Crippen LogP contribution in [0, 0.1) is 75.4 Å². The Hall–Kier alpha value is -6.12. The molecular formula is C121H190O24S3. The van der Waals surface area contributed by atoms with Crippen LogP contribution in [-0.4, -0.2) is 229 Å². The van der Waals surface area contributed by atoms with Crippen molar-refractivity contribution in [2.75, 3.05) is 58.4 Å². The van der Waals surface area contributed by atoms with Crippen LogP contribution in [0.15, 0.2) is 179 Å². The Kier molecular flexibility index (Phi) is 49.2. The number of carbonyl (C=O) groups excluding carboxylic acids is 3. The molecule has 0 bridgehead atoms. The second-order valence-corrected chi connectivity index (χ2v) is 54.0. The van der Waals surface area contributed by atoms with Gasteiger partial charge in [0, 0.05) is 58.3 Å². The van der Waals surface area contributed by atoms with Crippen LogP contribution < -0.4 is 0 Å². The molecule has 6 unspecified atom stereocenters. The molecule has 836 valence electrons. The molecule has 8 heterocycles. The highest BCUT2D eigenvalue weighted by molar-refractivity contribution is 7.92. The van der Waals surface area contributed by atoms with E-state index in [2.05, 4.69) is 109 Å². The summed E-state index contributed by atoms with van der Waals surface area (Å²) in [6.07, 6.45) is 18.1. The Balaban J connectivity index is 0.000000247. The molecule has 8 fully saturated rings. The molecule has 8 aliphatic heterocycles. The highest BCUT2D eigenvalue weighted by Gasteiger charge is 2.53. The monoisotopic (exact) mass is 2120 g/mol. The van der Waals surface area contributed by atoms with Gasteiger partial charge >= 0.3 is 17.9 Å². The van der Waals surface area contributed by atoms with Gasteiger partial charge < -0.3 is 71.4 Å². The molecule has 0 amide bonds. The van der Waals surface area contributed by atoms with E-state index >= 15 is 0 Å². The van der Waals surface area contributed by atoms with Crippen LogP contribution in [0.25, 0.3) is 0 Å². The maximum Gasteiger partial charge on any atom is 0.311 e. The fourth-order valence-corrected chi connectivity index (χ4v) is 27.3. The zero-order valence-electron chi connectivity index (χ0n) is 94.1. The van der Waals surface area contributed by atoms with Crippen molar-refractivity contribution in [2.24, 2.45) is 75.4 Å². The van der Waals surface area contributed by atoms with Crippen LogP contribution in [-0.2, 0) is 110 Å². The molecule has 148 heavy (non-hydrogen) atoms. The summed E-state index contributed by atoms with van der Waals surface area (Å²) in [6.45, 7) is 65.8. The molecule has 0 aliphatic carbocycles. The summed E-state index contributed by atoms with van der Waals surface area (Å²) >= 11 is 0. The third-order valence-electron chi connectivity index (χ3n) is 32.3. The summed E-state index contributed by atoms with van der Waals surface area (Å²) in [5.74, 6) is 0.409. The van der Waals surface area contributed by atoms with Gasteiger partial charge in [0.05, 0.1) is 190 Å². The summed E-state index contributed by atoms with van der Waals surface area (Å²) in [4.78, 5) is 37.1. The summed E-state index contributed by atoms with van der Waals surface area (Å²) in [6, 6.07) is 25.9. The molecule has 8 aliphatic rings. The van der Waals surface area contributed by atoms with Crippen LogP contribution in [0.2, 0.25) is 0 Å². The number of carbonyl (C=O) groups is 3. The normalized spacial score (nSPS) is 30.0. The average molecular weight is 2130 g/mol. The standard InChI is InChI=1S/C41H66O8S.2C40H62O8S/c1-11-27(2)23-38-39(46-10)34(26-50(44,45)33-17-13-12-14-18-33)37(49-38)25-35(42)31(6)29(4)22-28(3)19-20-36-30(5)24-32(48-36)16-15-21-47-40(43)41(7,8)9;2*1-10-26(2)21-37-38(44-9)33(25-49(42,43)32-16-12-11-13-17-32)36(48-37)24-35-29(5)27(3)22-31(47-35)18-19-34-28(4)23-30(46-34)15-14-20-45-39(41)40(6,7)8/h12-14,17-18,27-29,32,34-39,42H,5-6,11,15-16,19-26H2,1-4,7-10H3;2*11-13,16-17,26-27,30-31,33-38H,4-5,10,14-15,18-25H2,1-3,6-9H3/t27-,28-,29-,32+,34+,35?,36?,37+,38-,39-;2*26-,27-,30+,31+,33+,34?,35?,36+,37-,38-/m111/s1. The van der Waals surface area contributed by atoms with Crippen molar-refractivity contribution < 1.29 is 111 Å². The molecule has 3 aromatic rings. The number of rotatable bonds is 52. The highest BCUT2D eigenvalue weighted by atomic mass is 32.2. The number of hydrogen-bond donors (Lipinski definition) is 1. The smallest absolute Gasteiger partial charge is 0.311 e. The van der Waals surface area contributed by atoms with Crippen LogP contribution in [0.1, 0.15) is 305 Å². The number of hydrogen-bond acceptors (Lipinski definition) is 24. The minimum atomic E-state index is -3.60. The number of aliphatic hydroxyl groups excluding tert-OH is 1. The van der Waals surface area contributed by atoms with Gasteiger partial charge in [-0.15, -0.1) is 0 Å². The molecule has 0 aromatic heterocycles. The van der Waals surface area contributed by atoms with Gasteiger partial charge in [-0.1, -0.05) is 183 Å². The van der Waals surface area contributed by atoms with E-state index in [1.165, 1.54) is 0 Å². The highest BCUT2D eigenvalue weighted by Crippen LogP contribution is 2.47. The van der Waals surface area contributed by atoms with E-state index in [9.17, 15) is 44.7 Å². The first-order chi connectivity index (χ1) is 69.7. The molecule has 27 heteroatoms. The Bertz CT molecular complexity index is 4820. The van der Waals surface area contributed by atoms with Crippen LogP contribution in [0.5, 0.6) is 0 Å². The van der Waals surface area contributed by atoms with E-state index in [0.717, 1.165) is 188 Å². The fourth-order valence-electron chi connectivity index (χ4n) is 22.3. The molecule has 11 rings (SSSR count). The molecule has 0 spiro atoms. The van der Waals surface area contributed by atoms with Gasteiger partial charge in [0.15, 0.2) is 29.5 Å². The lowest BCUT2D eigenvalue weighted by Crippen LogP contribution is -2.40. The van der Waals surface area contributed by atoms with Gasteiger partial charge in [-0.25, -0.2) is 25.3 Å². The maximum atomic E-state index is 13.6. The van der Waals surface area contributed by atoms with E-state index < -0.39 is 63.9 Å². The van der Waals surface area contributed by atoms with Crippen LogP contribution in [0.3, 0.4) is 0 Å². The number of benzene rings is 3. The summed E-state index contributed by atoms with van der Waals surface area (Å²) in [5.41, 5.74) is 4.70. The second kappa shape index (κ2) is 58.1. The molecule has 30 atom stereocenters. The summed E-state index contributed by atoms with van der Waals surface area (Å²) in [7, 11) is -5.77. The number of aliphatic hydroxyl groups is 1. The number of methoxy groups -OCH3 is 3. The second-order valence-electron chi connectivity index (χ2n) is 47.9. The van der Waals surface area contributed by atoms with E-state index in [1.807, 2.05) is 74.4 Å². The predicted molar refractivity (Wildman–Crippen MR) is 586 cm³/mol. The third kappa shape index (κ3) is 37.3. The Labute approximate surface area is 892 Å². The maximum absolute atomic E-state index is 13.6. The molecule has 24 nitrogen and oxygen atoms in total. The summed E-state index contributed by atoms with van der Waals surface area (Å²) < 4.78 is 168. The topological polar surface area (TPSA) is 303 Å². The van der Waals surface area contributed by atoms with Crippen molar-refractivity contribution in [1.82, 2.24) is 0 Å². The largest absolute Gasteiger partial charge is 0.465 e. The minimum absolute atomic E-state index is 0.0147. The van der Waals surface area contributed by atoms with Gasteiger partial charge in [-0.05, 0) is 308 Å². The van der Waals surface area contributed by atoms with Gasteiger partial charge in [-0.2, -0.15) is 0 Å². The third-order valence-corrected chi connectivity index (χ3v) is 37.7. The van der Waals surface area contributed by atoms with Crippen LogP contribution >= 0.6 is 0 Å². The van der Waals surface area contributed by atoms with E-state index in [1.54, 1.807) is 100 Å². The van der Waals surface area contributed by atoms with Crippen molar-refractivity contribution in [1.29, 1.82) is 0 Å². The Morgan fingerprint density at radius 3 is 0.973 bits per heavy atom. The minimum Gasteiger partial charge on any atom is -0.465 e. The first kappa shape index (κ1) is 125. The lowest BCUT2D eigenvalue weighted by molar-refractivity contribution is -0.154. The predicted octanol–water partition coefficient (Wildman–Crippen LogP) is 23.9. The first-order valence-corrected chi connectivity index (χ1v) is 60.6. The van der Waals surface area contributed by atoms with Crippen molar-refractivity contribution in [3.63, 3.8) is 0 Å². The van der Waals surface area contributed by atoms with E-state index in [0.29, 0.717) is 66.1 Å². The lowest BCUT2D eigenvalue weighted by atomic mass is 9.83. The lowest BCUT2D eigenvalue weighted by Gasteiger charge is -2.38. The molecule has 8 saturated heterocycles. The molecule has 0 radical (unpaired) electrons. The van der Waals surface area contributed by atoms with Crippen LogP contribution in [0.4, 0.5) is 0 Å². The van der Waals surface area contributed by atoms with E-state index in [-0.39, 0.29) is 186 Å². The SMILES string of the molecule is C=C1C[C@H](CCCOC(=O)C(C)(C)C)OC1CC[C@@H](C)C[C@@H](C)C(=C)C(O)C[C@@H]1O[C@H](C[C@H](C)CC)[C@H](OC)[C@H]1CS(=O)(=O)c1ccccc1.C=C1C[C@H](CCCOC(=O)C(C)(C)C)OC1CC[C@H]1C[C@@H](C)C(=C)C(C[C@@H]2O[C@H](C[C@H](C)CC)[C@H](OC)[C@H]2CS(=O)(=O)c2ccccc2)O1.C=C1C[C@H](CCCOC(=O)C(C)(C)C)OC1CC[C@H]1C[C@@H](C)C(=C)C(C[C@@H]2O[C@H](C[C@H](C)CC)[C@H](OC)[C@H]2CS(=O)(=O)c2ccccc2)O1. The van der Waals surface area contributed by atoms with Crippen molar-refractivity contribution in [3.8, 4) is 0 Å². The molecule has 0 saturated carbocycles. The molecule has 3 aromatic carbocycles. The van der Waals surface area contributed by atoms with Crippen molar-refractivity contribution >= 4 is 47.4 Å². The average Bonchev–Trinajstić information content (AvgIpc) is 1.65. The van der Waals surface area contributed by atoms with Crippen molar-refractivity contribution in [3.05, 3.63) is 164 Å². The number of sulfone groups is 3. The fraction of sp³-hybridized carbons (Fsp3) is 0.727. The van der Waals surface area contributed by atoms with Gasteiger partial charge in [0.2, 0.25) is 0 Å². The van der Waals surface area contributed by atoms with Gasteiger partial charge in [-0.3, -0.25) is 14.4 Å². The quantitative estimate of drug-likeness (QED) is 0.0238.